The quantitative estimate of drug-likeness (QED) is 0.0167. The number of quaternary nitrogens is 1. The number of carbonyl (C=O) groups is 3. The summed E-state index contributed by atoms with van der Waals surface area (Å²) >= 11 is 0. The van der Waals surface area contributed by atoms with E-state index in [2.05, 4.69) is 19.9 Å². The van der Waals surface area contributed by atoms with Crippen molar-refractivity contribution in [2.75, 3.05) is 47.5 Å². The highest BCUT2D eigenvalue weighted by molar-refractivity contribution is 7.47. The van der Waals surface area contributed by atoms with Crippen LogP contribution in [0.25, 0.3) is 0 Å². The predicted molar refractivity (Wildman–Crippen MR) is 206 cm³/mol. The lowest BCUT2D eigenvalue weighted by Gasteiger charge is -2.24. The number of ether oxygens (including phenoxy) is 2. The highest BCUT2D eigenvalue weighted by atomic mass is 31.2. The number of phosphoric acid groups is 1. The van der Waals surface area contributed by atoms with Crippen LogP contribution in [0.2, 0.25) is 0 Å². The minimum absolute atomic E-state index is 0.0110. The molecule has 0 aliphatic rings. The van der Waals surface area contributed by atoms with Gasteiger partial charge in [0.1, 0.15) is 19.8 Å². The Morgan fingerprint density at radius 2 is 1.16 bits per heavy atom. The monoisotopic (exact) mass is 745 g/mol. The van der Waals surface area contributed by atoms with Gasteiger partial charge >= 0.3 is 19.8 Å². The Kier molecular flexibility index (Phi) is 31.6. The molecule has 0 aromatic rings. The number of allylic oxidation sites excluding steroid dienone is 4. The molecule has 2 atom stereocenters. The molecule has 0 aliphatic carbocycles. The van der Waals surface area contributed by atoms with Gasteiger partial charge in [0, 0.05) is 19.3 Å². The fraction of sp³-hybridized carbons (Fsp3) is 0.825. The Morgan fingerprint density at radius 3 is 1.73 bits per heavy atom. The summed E-state index contributed by atoms with van der Waals surface area (Å²) in [5, 5.41) is 0. The summed E-state index contributed by atoms with van der Waals surface area (Å²) < 4.78 is 34.1. The first-order valence-electron chi connectivity index (χ1n) is 20.0. The molecular weight excluding hydrogens is 669 g/mol. The second-order valence-electron chi connectivity index (χ2n) is 14.7. The van der Waals surface area contributed by atoms with Gasteiger partial charge in [-0.3, -0.25) is 23.4 Å². The van der Waals surface area contributed by atoms with Crippen molar-refractivity contribution < 1.29 is 46.8 Å². The molecule has 51 heavy (non-hydrogen) atoms. The molecule has 0 amide bonds. The van der Waals surface area contributed by atoms with Crippen molar-refractivity contribution in [3.63, 3.8) is 0 Å². The van der Waals surface area contributed by atoms with E-state index in [4.69, 9.17) is 18.5 Å². The van der Waals surface area contributed by atoms with Crippen LogP contribution in [0.4, 0.5) is 0 Å². The molecule has 0 bridgehead atoms. The van der Waals surface area contributed by atoms with E-state index in [1.165, 1.54) is 70.6 Å². The summed E-state index contributed by atoms with van der Waals surface area (Å²) in [5.41, 5.74) is 0. The van der Waals surface area contributed by atoms with Crippen LogP contribution in [0, 0.1) is 0 Å². The van der Waals surface area contributed by atoms with Crippen LogP contribution in [0.1, 0.15) is 162 Å². The molecule has 0 aliphatic heterocycles. The minimum Gasteiger partial charge on any atom is -0.462 e. The molecule has 0 saturated carbocycles. The van der Waals surface area contributed by atoms with E-state index in [1.54, 1.807) is 6.08 Å². The van der Waals surface area contributed by atoms with Crippen molar-refractivity contribution in [2.24, 2.45) is 0 Å². The first kappa shape index (κ1) is 49.2. The maximum atomic E-state index is 12.6. The summed E-state index contributed by atoms with van der Waals surface area (Å²) in [6.45, 7) is 4.21. The molecule has 0 heterocycles. The molecule has 0 rings (SSSR count). The SMILES string of the molecule is CCCCC/C=C\C=C\C(=O)CCCCCCCC(=O)O[C@H](COC(=O)CCCCCCCCCCCCC)COP(=O)(O)OCC[N+](C)(C)C. The summed E-state index contributed by atoms with van der Waals surface area (Å²) in [6, 6.07) is 0. The molecule has 10 nitrogen and oxygen atoms in total. The first-order valence-corrected chi connectivity index (χ1v) is 21.5. The Morgan fingerprint density at radius 1 is 0.647 bits per heavy atom. The van der Waals surface area contributed by atoms with Crippen molar-refractivity contribution in [2.45, 2.75) is 168 Å². The number of rotatable bonds is 36. The Labute approximate surface area is 311 Å². The van der Waals surface area contributed by atoms with Gasteiger partial charge in [0.2, 0.25) is 0 Å². The minimum atomic E-state index is -4.40. The van der Waals surface area contributed by atoms with Gasteiger partial charge in [-0.15, -0.1) is 0 Å². The Bertz CT molecular complexity index is 993. The highest BCUT2D eigenvalue weighted by Crippen LogP contribution is 2.43. The molecule has 0 spiro atoms. The zero-order valence-electron chi connectivity index (χ0n) is 33.1. The van der Waals surface area contributed by atoms with Crippen LogP contribution >= 0.6 is 7.82 Å². The zero-order valence-corrected chi connectivity index (χ0v) is 34.0. The number of likely N-dealkylation sites (N-methyl/N-ethyl adjacent to an activating group) is 1. The number of hydrogen-bond acceptors (Lipinski definition) is 8. The van der Waals surface area contributed by atoms with E-state index in [-0.39, 0.29) is 31.8 Å². The Hall–Kier alpha value is -1.84. The fourth-order valence-corrected chi connectivity index (χ4v) is 5.97. The second kappa shape index (κ2) is 32.8. The average Bonchev–Trinajstić information content (AvgIpc) is 3.06. The topological polar surface area (TPSA) is 125 Å². The van der Waals surface area contributed by atoms with Gasteiger partial charge in [0.15, 0.2) is 11.9 Å². The molecule has 1 unspecified atom stereocenters. The van der Waals surface area contributed by atoms with E-state index in [9.17, 15) is 23.8 Å². The summed E-state index contributed by atoms with van der Waals surface area (Å²) in [5.74, 6) is -0.770. The van der Waals surface area contributed by atoms with Crippen molar-refractivity contribution in [1.29, 1.82) is 0 Å². The van der Waals surface area contributed by atoms with Crippen molar-refractivity contribution in [3.8, 4) is 0 Å². The standard InChI is InChI=1S/C40H74NO9P/c1-6-8-10-12-14-15-16-17-19-23-27-31-39(43)47-35-38(36-49-51(45,46)48-34-33-41(3,4)5)50-40(44)32-28-24-20-22-26-30-37(42)29-25-21-18-13-11-9-7-2/h18,21,25,29,38H,6-17,19-20,22-24,26-28,30-36H2,1-5H3/p+1/b21-18-,29-25+/t38-/m1/s1. The molecule has 0 aromatic carbocycles. The van der Waals surface area contributed by atoms with Crippen molar-refractivity contribution in [1.82, 2.24) is 0 Å². The van der Waals surface area contributed by atoms with E-state index >= 15 is 0 Å². The van der Waals surface area contributed by atoms with Gasteiger partial charge in [-0.05, 0) is 38.2 Å². The molecule has 0 aromatic heterocycles. The van der Waals surface area contributed by atoms with Crippen LogP contribution < -0.4 is 0 Å². The number of phosphoric ester groups is 1. The number of hydrogen-bond donors (Lipinski definition) is 1. The maximum absolute atomic E-state index is 12.6. The van der Waals surface area contributed by atoms with Gasteiger partial charge in [0.25, 0.3) is 0 Å². The first-order chi connectivity index (χ1) is 24.4. The van der Waals surface area contributed by atoms with E-state index in [0.29, 0.717) is 23.9 Å². The molecular formula is C40H75NO9P+. The number of carbonyl (C=O) groups excluding carboxylic acids is 3. The summed E-state index contributed by atoms with van der Waals surface area (Å²) in [4.78, 5) is 47.2. The van der Waals surface area contributed by atoms with Gasteiger partial charge < -0.3 is 18.9 Å². The summed E-state index contributed by atoms with van der Waals surface area (Å²) in [6.07, 6.45) is 29.0. The fourth-order valence-electron chi connectivity index (χ4n) is 5.23. The number of nitrogens with zero attached hydrogens (tertiary/aromatic N) is 1. The number of ketones is 1. The van der Waals surface area contributed by atoms with Crippen LogP contribution in [-0.4, -0.2) is 80.7 Å². The van der Waals surface area contributed by atoms with E-state index in [0.717, 1.165) is 51.4 Å². The second-order valence-corrected chi connectivity index (χ2v) is 16.2. The van der Waals surface area contributed by atoms with Gasteiger partial charge in [-0.25, -0.2) is 4.57 Å². The number of esters is 2. The smallest absolute Gasteiger partial charge is 0.462 e. The third kappa shape index (κ3) is 36.3. The third-order valence-electron chi connectivity index (χ3n) is 8.46. The average molecular weight is 745 g/mol. The van der Waals surface area contributed by atoms with Gasteiger partial charge in [-0.2, -0.15) is 0 Å². The lowest BCUT2D eigenvalue weighted by molar-refractivity contribution is -0.870. The molecule has 11 heteroatoms. The van der Waals surface area contributed by atoms with Crippen molar-refractivity contribution in [3.05, 3.63) is 24.3 Å². The van der Waals surface area contributed by atoms with Crippen LogP contribution in [0.3, 0.4) is 0 Å². The highest BCUT2D eigenvalue weighted by Gasteiger charge is 2.27. The maximum Gasteiger partial charge on any atom is 0.472 e. The third-order valence-corrected chi connectivity index (χ3v) is 9.44. The summed E-state index contributed by atoms with van der Waals surface area (Å²) in [7, 11) is 1.40. The lowest BCUT2D eigenvalue weighted by atomic mass is 10.1. The molecule has 0 fully saturated rings. The van der Waals surface area contributed by atoms with Crippen molar-refractivity contribution >= 4 is 25.5 Å². The number of unbranched alkanes of at least 4 members (excludes halogenated alkanes) is 17. The Balaban J connectivity index is 4.51. The van der Waals surface area contributed by atoms with Gasteiger partial charge in [-0.1, -0.05) is 128 Å². The molecule has 1 N–H and O–H groups in total. The van der Waals surface area contributed by atoms with Crippen LogP contribution in [0.5, 0.6) is 0 Å². The van der Waals surface area contributed by atoms with E-state index in [1.807, 2.05) is 33.3 Å². The molecule has 0 radical (unpaired) electrons. The van der Waals surface area contributed by atoms with Crippen LogP contribution in [-0.2, 0) is 37.5 Å². The lowest BCUT2D eigenvalue weighted by Crippen LogP contribution is -2.37. The van der Waals surface area contributed by atoms with Gasteiger partial charge in [0.05, 0.1) is 27.7 Å². The molecule has 0 saturated heterocycles. The predicted octanol–water partition coefficient (Wildman–Crippen LogP) is 9.97. The van der Waals surface area contributed by atoms with E-state index < -0.39 is 32.5 Å². The zero-order chi connectivity index (χ0) is 38.1. The van der Waals surface area contributed by atoms with Crippen LogP contribution in [0.15, 0.2) is 24.3 Å². The molecule has 298 valence electrons. The largest absolute Gasteiger partial charge is 0.472 e. The normalized spacial score (nSPS) is 13.8.